The summed E-state index contributed by atoms with van der Waals surface area (Å²) in [5.74, 6) is -0.284. The molecule has 0 saturated heterocycles. The molecule has 0 aliphatic heterocycles. The number of primary amides is 1. The van der Waals surface area contributed by atoms with E-state index in [1.165, 1.54) is 7.11 Å². The van der Waals surface area contributed by atoms with E-state index in [1.54, 1.807) is 36.4 Å². The van der Waals surface area contributed by atoms with Crippen LogP contribution >= 0.6 is 0 Å². The van der Waals surface area contributed by atoms with Gasteiger partial charge in [0.05, 0.1) is 13.5 Å². The molecule has 1 rings (SSSR count). The average molecular weight is 234 g/mol. The van der Waals surface area contributed by atoms with Crippen LogP contribution in [0.5, 0.6) is 0 Å². The van der Waals surface area contributed by atoms with Crippen LogP contribution in [0.25, 0.3) is 6.08 Å². The van der Waals surface area contributed by atoms with Crippen molar-refractivity contribution in [1.82, 2.24) is 0 Å². The molecule has 0 fully saturated rings. The van der Waals surface area contributed by atoms with Crippen molar-refractivity contribution in [1.29, 1.82) is 0 Å². The SMILES string of the molecule is COC(=O)CC=Cc1ccc(NC(N)=O)cc1. The van der Waals surface area contributed by atoms with E-state index in [-0.39, 0.29) is 12.4 Å². The van der Waals surface area contributed by atoms with Crippen LogP contribution in [0.2, 0.25) is 0 Å². The van der Waals surface area contributed by atoms with Gasteiger partial charge in [-0.2, -0.15) is 0 Å². The van der Waals surface area contributed by atoms with Crippen LogP contribution in [0.1, 0.15) is 12.0 Å². The first kappa shape index (κ1) is 12.8. The maximum Gasteiger partial charge on any atom is 0.316 e. The van der Waals surface area contributed by atoms with Crippen LogP contribution in [-0.4, -0.2) is 19.1 Å². The molecule has 5 nitrogen and oxygen atoms in total. The molecule has 5 heteroatoms. The average Bonchev–Trinajstić information content (AvgIpc) is 2.30. The second kappa shape index (κ2) is 6.32. The quantitative estimate of drug-likeness (QED) is 0.779. The molecule has 0 aliphatic carbocycles. The lowest BCUT2D eigenvalue weighted by atomic mass is 10.2. The highest BCUT2D eigenvalue weighted by Gasteiger charge is 1.96. The number of amides is 2. The van der Waals surface area contributed by atoms with Crippen molar-refractivity contribution in [3.05, 3.63) is 35.9 Å². The van der Waals surface area contributed by atoms with Gasteiger partial charge in [-0.25, -0.2) is 4.79 Å². The Morgan fingerprint density at radius 2 is 2.00 bits per heavy atom. The van der Waals surface area contributed by atoms with Gasteiger partial charge in [0.1, 0.15) is 0 Å². The predicted octanol–water partition coefficient (Wildman–Crippen LogP) is 1.75. The van der Waals surface area contributed by atoms with Gasteiger partial charge in [0.2, 0.25) is 0 Å². The molecule has 3 N–H and O–H groups in total. The van der Waals surface area contributed by atoms with Crippen molar-refractivity contribution in [2.75, 3.05) is 12.4 Å². The number of nitrogens with one attached hydrogen (secondary N) is 1. The zero-order chi connectivity index (χ0) is 12.7. The number of carbonyl (C=O) groups excluding carboxylic acids is 2. The van der Waals surface area contributed by atoms with Gasteiger partial charge in [0.25, 0.3) is 0 Å². The lowest BCUT2D eigenvalue weighted by Crippen LogP contribution is -2.19. The van der Waals surface area contributed by atoms with Crippen molar-refractivity contribution >= 4 is 23.8 Å². The third-order valence-corrected chi connectivity index (χ3v) is 2.00. The van der Waals surface area contributed by atoms with Crippen molar-refractivity contribution < 1.29 is 14.3 Å². The van der Waals surface area contributed by atoms with Gasteiger partial charge >= 0.3 is 12.0 Å². The van der Waals surface area contributed by atoms with Crippen LogP contribution in [0.4, 0.5) is 10.5 Å². The van der Waals surface area contributed by atoms with Gasteiger partial charge in [-0.15, -0.1) is 0 Å². The summed E-state index contributed by atoms with van der Waals surface area (Å²) in [5, 5.41) is 2.46. The summed E-state index contributed by atoms with van der Waals surface area (Å²) in [7, 11) is 1.35. The van der Waals surface area contributed by atoms with E-state index < -0.39 is 6.03 Å². The molecule has 0 aliphatic rings. The van der Waals surface area contributed by atoms with Crippen molar-refractivity contribution in [3.8, 4) is 0 Å². The molecule has 1 aromatic carbocycles. The van der Waals surface area contributed by atoms with E-state index in [4.69, 9.17) is 5.73 Å². The van der Waals surface area contributed by atoms with Crippen molar-refractivity contribution in [3.63, 3.8) is 0 Å². The van der Waals surface area contributed by atoms with E-state index >= 15 is 0 Å². The molecule has 1 aromatic rings. The number of benzene rings is 1. The third-order valence-electron chi connectivity index (χ3n) is 2.00. The molecule has 0 spiro atoms. The fourth-order valence-electron chi connectivity index (χ4n) is 1.19. The summed E-state index contributed by atoms with van der Waals surface area (Å²) in [6, 6.07) is 6.46. The number of hydrogen-bond acceptors (Lipinski definition) is 3. The summed E-state index contributed by atoms with van der Waals surface area (Å²) < 4.78 is 4.50. The fourth-order valence-corrected chi connectivity index (χ4v) is 1.19. The lowest BCUT2D eigenvalue weighted by molar-refractivity contribution is -0.139. The summed E-state index contributed by atoms with van der Waals surface area (Å²) in [6.45, 7) is 0. The number of methoxy groups -OCH3 is 1. The molecule has 0 unspecified atom stereocenters. The van der Waals surface area contributed by atoms with Crippen LogP contribution in [0.15, 0.2) is 30.3 Å². The van der Waals surface area contributed by atoms with Gasteiger partial charge in [-0.05, 0) is 17.7 Å². The Labute approximate surface area is 99.3 Å². The van der Waals surface area contributed by atoms with Crippen LogP contribution < -0.4 is 11.1 Å². The molecule has 0 radical (unpaired) electrons. The van der Waals surface area contributed by atoms with E-state index in [9.17, 15) is 9.59 Å². The first-order valence-electron chi connectivity index (χ1n) is 5.01. The van der Waals surface area contributed by atoms with Crippen LogP contribution in [-0.2, 0) is 9.53 Å². The van der Waals surface area contributed by atoms with Gasteiger partial charge in [-0.3, -0.25) is 4.79 Å². The number of nitrogens with two attached hydrogens (primary N) is 1. The zero-order valence-electron chi connectivity index (χ0n) is 9.47. The third kappa shape index (κ3) is 4.83. The minimum atomic E-state index is -0.598. The molecule has 0 bridgehead atoms. The molecule has 0 atom stereocenters. The minimum Gasteiger partial charge on any atom is -0.469 e. The van der Waals surface area contributed by atoms with Gasteiger partial charge in [-0.1, -0.05) is 24.3 Å². The minimum absolute atomic E-state index is 0.234. The second-order valence-electron chi connectivity index (χ2n) is 3.29. The molecule has 0 heterocycles. The smallest absolute Gasteiger partial charge is 0.316 e. The molecule has 90 valence electrons. The Kier molecular flexibility index (Phi) is 4.75. The molecule has 2 amide bonds. The van der Waals surface area contributed by atoms with Gasteiger partial charge < -0.3 is 15.8 Å². The van der Waals surface area contributed by atoms with Crippen molar-refractivity contribution in [2.24, 2.45) is 5.73 Å². The van der Waals surface area contributed by atoms with Crippen LogP contribution in [0, 0.1) is 0 Å². The summed E-state index contributed by atoms with van der Waals surface area (Å²) in [6.07, 6.45) is 3.74. The van der Waals surface area contributed by atoms with E-state index in [1.807, 2.05) is 0 Å². The Balaban J connectivity index is 2.56. The van der Waals surface area contributed by atoms with Crippen molar-refractivity contribution in [2.45, 2.75) is 6.42 Å². The predicted molar refractivity (Wildman–Crippen MR) is 65.3 cm³/mol. The summed E-state index contributed by atoms with van der Waals surface area (Å²) in [5.41, 5.74) is 6.52. The summed E-state index contributed by atoms with van der Waals surface area (Å²) >= 11 is 0. The molecular weight excluding hydrogens is 220 g/mol. The lowest BCUT2D eigenvalue weighted by Gasteiger charge is -2.01. The standard InChI is InChI=1S/C12H14N2O3/c1-17-11(15)4-2-3-9-5-7-10(8-6-9)14-12(13)16/h2-3,5-8H,4H2,1H3,(H3,13,14,16). The van der Waals surface area contributed by atoms with Crippen LogP contribution in [0.3, 0.4) is 0 Å². The zero-order valence-corrected chi connectivity index (χ0v) is 9.47. The number of urea groups is 1. The number of carbonyl (C=O) groups is 2. The highest BCUT2D eigenvalue weighted by atomic mass is 16.5. The van der Waals surface area contributed by atoms with E-state index in [0.29, 0.717) is 5.69 Å². The molecular formula is C12H14N2O3. The number of esters is 1. The highest BCUT2D eigenvalue weighted by molar-refractivity contribution is 5.87. The Bertz CT molecular complexity index is 424. The Hall–Kier alpha value is -2.30. The molecule has 0 aromatic heterocycles. The maximum atomic E-state index is 10.8. The largest absolute Gasteiger partial charge is 0.469 e. The normalized spacial score (nSPS) is 10.2. The number of ether oxygens (including phenoxy) is 1. The van der Waals surface area contributed by atoms with E-state index in [2.05, 4.69) is 10.1 Å². The molecule has 0 saturated carbocycles. The molecule has 17 heavy (non-hydrogen) atoms. The van der Waals surface area contributed by atoms with E-state index in [0.717, 1.165) is 5.56 Å². The monoisotopic (exact) mass is 234 g/mol. The highest BCUT2D eigenvalue weighted by Crippen LogP contribution is 2.10. The fraction of sp³-hybridized carbons (Fsp3) is 0.167. The topological polar surface area (TPSA) is 81.4 Å². The Morgan fingerprint density at radius 3 is 2.53 bits per heavy atom. The number of rotatable bonds is 4. The number of hydrogen-bond donors (Lipinski definition) is 2. The van der Waals surface area contributed by atoms with Gasteiger partial charge in [0.15, 0.2) is 0 Å². The summed E-state index contributed by atoms with van der Waals surface area (Å²) in [4.78, 5) is 21.4. The van der Waals surface area contributed by atoms with Gasteiger partial charge in [0, 0.05) is 5.69 Å². The maximum absolute atomic E-state index is 10.8. The number of anilines is 1. The second-order valence-corrected chi connectivity index (χ2v) is 3.29. The Morgan fingerprint density at radius 1 is 1.35 bits per heavy atom. The first-order valence-corrected chi connectivity index (χ1v) is 5.01. The first-order chi connectivity index (χ1) is 8.11.